The highest BCUT2D eigenvalue weighted by Gasteiger charge is 2.37. The minimum atomic E-state index is -0.288. The fourth-order valence-corrected chi connectivity index (χ4v) is 4.37. The second kappa shape index (κ2) is 8.37. The van der Waals surface area contributed by atoms with Crippen molar-refractivity contribution in [2.45, 2.75) is 25.4 Å². The zero-order valence-corrected chi connectivity index (χ0v) is 18.2. The Labute approximate surface area is 181 Å². The molecular weight excluding hydrogens is 398 g/mol. The molecule has 0 spiro atoms. The van der Waals surface area contributed by atoms with E-state index in [9.17, 15) is 9.59 Å². The van der Waals surface area contributed by atoms with Crippen molar-refractivity contribution in [1.82, 2.24) is 4.90 Å². The summed E-state index contributed by atoms with van der Waals surface area (Å²) in [6, 6.07) is 8.55. The van der Waals surface area contributed by atoms with Crippen LogP contribution in [0.1, 0.15) is 40.0 Å². The molecule has 1 N–H and O–H groups in total. The van der Waals surface area contributed by atoms with E-state index < -0.39 is 0 Å². The number of piperidine rings is 1. The number of hydrogen-bond acceptors (Lipinski definition) is 6. The molecule has 4 rings (SSSR count). The van der Waals surface area contributed by atoms with Gasteiger partial charge >= 0.3 is 0 Å². The lowest BCUT2D eigenvalue weighted by Gasteiger charge is -2.46. The lowest BCUT2D eigenvalue weighted by Crippen LogP contribution is -2.55. The first kappa shape index (κ1) is 20.8. The Morgan fingerprint density at radius 3 is 2.39 bits per heavy atom. The normalized spacial score (nSPS) is 17.5. The van der Waals surface area contributed by atoms with Gasteiger partial charge in [-0.25, -0.2) is 0 Å². The van der Waals surface area contributed by atoms with Crippen LogP contribution in [0.5, 0.6) is 17.2 Å². The number of benzene rings is 2. The number of methoxy groups -OCH3 is 3. The number of nitrogens with one attached hydrogen (secondary N) is 1. The van der Waals surface area contributed by atoms with Gasteiger partial charge in [-0.15, -0.1) is 0 Å². The molecule has 0 saturated carbocycles. The highest BCUT2D eigenvalue weighted by Crippen LogP contribution is 2.40. The van der Waals surface area contributed by atoms with Crippen molar-refractivity contribution in [3.63, 3.8) is 0 Å². The summed E-state index contributed by atoms with van der Waals surface area (Å²) >= 11 is 0. The number of carbonyl (C=O) groups is 2. The summed E-state index contributed by atoms with van der Waals surface area (Å²) in [5.74, 6) is 1.10. The molecule has 164 valence electrons. The summed E-state index contributed by atoms with van der Waals surface area (Å²) < 4.78 is 16.0. The summed E-state index contributed by atoms with van der Waals surface area (Å²) in [6.07, 6.45) is 3.10. The average molecular weight is 425 g/mol. The molecule has 2 aromatic carbocycles. The fraction of sp³-hybridized carbons (Fsp3) is 0.391. The van der Waals surface area contributed by atoms with Crippen LogP contribution in [0.15, 0.2) is 30.3 Å². The van der Waals surface area contributed by atoms with Crippen LogP contribution in [0, 0.1) is 0 Å². The topological polar surface area (TPSA) is 80.3 Å². The zero-order valence-electron chi connectivity index (χ0n) is 18.2. The quantitative estimate of drug-likeness (QED) is 0.791. The first-order valence-corrected chi connectivity index (χ1v) is 10.3. The first-order valence-electron chi connectivity index (χ1n) is 10.3. The van der Waals surface area contributed by atoms with Crippen LogP contribution < -0.4 is 24.4 Å². The van der Waals surface area contributed by atoms with Crippen molar-refractivity contribution in [2.75, 3.05) is 45.1 Å². The summed E-state index contributed by atoms with van der Waals surface area (Å²) in [4.78, 5) is 30.0. The average Bonchev–Trinajstić information content (AvgIpc) is 2.81. The van der Waals surface area contributed by atoms with Gasteiger partial charge in [0.05, 0.1) is 32.6 Å². The molecule has 8 heteroatoms. The maximum absolute atomic E-state index is 13.0. The molecule has 0 radical (unpaired) electrons. The van der Waals surface area contributed by atoms with Crippen molar-refractivity contribution < 1.29 is 23.8 Å². The molecule has 0 bridgehead atoms. The molecule has 2 aromatic rings. The van der Waals surface area contributed by atoms with Crippen LogP contribution in [-0.4, -0.2) is 57.8 Å². The van der Waals surface area contributed by atoms with Crippen LogP contribution in [0.25, 0.3) is 0 Å². The van der Waals surface area contributed by atoms with Crippen molar-refractivity contribution in [3.8, 4) is 17.2 Å². The minimum absolute atomic E-state index is 0.0365. The van der Waals surface area contributed by atoms with Gasteiger partial charge in [0.25, 0.3) is 11.8 Å². The Hall–Kier alpha value is -3.42. The number of anilines is 2. The maximum atomic E-state index is 13.0. The van der Waals surface area contributed by atoms with Crippen LogP contribution in [0.3, 0.4) is 0 Å². The van der Waals surface area contributed by atoms with Gasteiger partial charge in [0, 0.05) is 37.0 Å². The van der Waals surface area contributed by atoms with E-state index in [1.807, 2.05) is 11.9 Å². The van der Waals surface area contributed by atoms with E-state index in [2.05, 4.69) is 10.2 Å². The van der Waals surface area contributed by atoms with Gasteiger partial charge in [0.2, 0.25) is 5.75 Å². The maximum Gasteiger partial charge on any atom is 0.257 e. The molecule has 31 heavy (non-hydrogen) atoms. The molecule has 0 unspecified atom stereocenters. The number of fused-ring (bicyclic) bond motifs is 2. The largest absolute Gasteiger partial charge is 0.493 e. The highest BCUT2D eigenvalue weighted by molar-refractivity contribution is 6.08. The van der Waals surface area contributed by atoms with Gasteiger partial charge in [-0.2, -0.15) is 0 Å². The van der Waals surface area contributed by atoms with Crippen molar-refractivity contribution >= 4 is 23.2 Å². The molecule has 2 amide bonds. The summed E-state index contributed by atoms with van der Waals surface area (Å²) in [6.45, 7) is 0.774. The lowest BCUT2D eigenvalue weighted by molar-refractivity contribution is 0.0589. The number of ether oxygens (including phenoxy) is 3. The Bertz CT molecular complexity index is 997. The molecule has 0 aromatic heterocycles. The zero-order chi connectivity index (χ0) is 22.1. The van der Waals surface area contributed by atoms with E-state index in [1.54, 1.807) is 30.3 Å². The summed E-state index contributed by atoms with van der Waals surface area (Å²) in [5, 5.41) is 2.88. The molecule has 2 aliphatic rings. The molecule has 0 aliphatic carbocycles. The van der Waals surface area contributed by atoms with E-state index >= 15 is 0 Å². The third-order valence-electron chi connectivity index (χ3n) is 5.97. The number of nitrogens with zero attached hydrogens (tertiary/aromatic N) is 2. The highest BCUT2D eigenvalue weighted by atomic mass is 16.5. The Morgan fingerprint density at radius 1 is 1.03 bits per heavy atom. The van der Waals surface area contributed by atoms with Crippen LogP contribution in [0.4, 0.5) is 11.4 Å². The van der Waals surface area contributed by atoms with E-state index in [1.165, 1.54) is 21.3 Å². The molecule has 2 heterocycles. The Kier molecular flexibility index (Phi) is 5.63. The molecule has 1 fully saturated rings. The first-order chi connectivity index (χ1) is 15.0. The van der Waals surface area contributed by atoms with E-state index in [0.717, 1.165) is 31.5 Å². The van der Waals surface area contributed by atoms with E-state index in [0.29, 0.717) is 34.1 Å². The fourth-order valence-electron chi connectivity index (χ4n) is 4.37. The Morgan fingerprint density at radius 2 is 1.74 bits per heavy atom. The second-order valence-corrected chi connectivity index (χ2v) is 7.69. The van der Waals surface area contributed by atoms with Crippen LogP contribution in [-0.2, 0) is 0 Å². The van der Waals surface area contributed by atoms with Gasteiger partial charge in [-0.1, -0.05) is 0 Å². The third kappa shape index (κ3) is 3.62. The predicted octanol–water partition coefficient (Wildman–Crippen LogP) is 3.37. The summed E-state index contributed by atoms with van der Waals surface area (Å²) in [7, 11) is 6.55. The molecular formula is C23H27N3O5. The third-order valence-corrected chi connectivity index (χ3v) is 5.97. The minimum Gasteiger partial charge on any atom is -0.493 e. The van der Waals surface area contributed by atoms with Gasteiger partial charge in [0.1, 0.15) is 6.17 Å². The smallest absolute Gasteiger partial charge is 0.257 e. The van der Waals surface area contributed by atoms with Crippen LogP contribution >= 0.6 is 0 Å². The second-order valence-electron chi connectivity index (χ2n) is 7.69. The van der Waals surface area contributed by atoms with Gasteiger partial charge in [-0.05, 0) is 37.5 Å². The van der Waals surface area contributed by atoms with E-state index in [4.69, 9.17) is 14.2 Å². The Balaban J connectivity index is 1.62. The number of carbonyl (C=O) groups excluding carboxylic acids is 2. The van der Waals surface area contributed by atoms with Crippen molar-refractivity contribution in [3.05, 3.63) is 41.5 Å². The van der Waals surface area contributed by atoms with Gasteiger partial charge in [-0.3, -0.25) is 9.59 Å². The standard InChI is InChI=1S/C23H27N3O5/c1-25-17-11-14(8-9-16(17)23(28)26-10-6-5-7-20(25)26)22(27)24-15-12-18(29-2)21(31-4)19(13-15)30-3/h8-9,11-13,20H,5-7,10H2,1-4H3,(H,24,27)/t20-/m1/s1. The number of rotatable bonds is 5. The van der Waals surface area contributed by atoms with E-state index in [-0.39, 0.29) is 18.0 Å². The van der Waals surface area contributed by atoms with Gasteiger partial charge in [0.15, 0.2) is 11.5 Å². The monoisotopic (exact) mass is 425 g/mol. The number of amides is 2. The number of hydrogen-bond donors (Lipinski definition) is 1. The van der Waals surface area contributed by atoms with Crippen LogP contribution in [0.2, 0.25) is 0 Å². The SMILES string of the molecule is COc1cc(NC(=O)c2ccc3c(c2)N(C)[C@H]2CCCCN2C3=O)cc(OC)c1OC. The van der Waals surface area contributed by atoms with Gasteiger partial charge < -0.3 is 29.3 Å². The molecule has 2 aliphatic heterocycles. The molecule has 8 nitrogen and oxygen atoms in total. The van der Waals surface area contributed by atoms with Crippen molar-refractivity contribution in [1.29, 1.82) is 0 Å². The lowest BCUT2D eigenvalue weighted by atomic mass is 9.97. The summed E-state index contributed by atoms with van der Waals surface area (Å²) in [5.41, 5.74) is 2.40. The molecule has 1 saturated heterocycles. The molecule has 1 atom stereocenters. The predicted molar refractivity (Wildman–Crippen MR) is 118 cm³/mol. The van der Waals surface area contributed by atoms with Crippen molar-refractivity contribution in [2.24, 2.45) is 0 Å².